The van der Waals surface area contributed by atoms with Crippen molar-refractivity contribution >= 4 is 5.78 Å². The van der Waals surface area contributed by atoms with E-state index < -0.39 is 0 Å². The summed E-state index contributed by atoms with van der Waals surface area (Å²) in [4.78, 5) is 12.1. The number of carbonyl (C=O) groups excluding carboxylic acids is 1. The first-order chi connectivity index (χ1) is 10.9. The van der Waals surface area contributed by atoms with Crippen molar-refractivity contribution < 1.29 is 9.90 Å². The van der Waals surface area contributed by atoms with Crippen molar-refractivity contribution in [1.82, 2.24) is 0 Å². The lowest BCUT2D eigenvalue weighted by Crippen LogP contribution is -2.46. The Bertz CT molecular complexity index is 601. The zero-order valence-corrected chi connectivity index (χ0v) is 14.8. The third kappa shape index (κ3) is 2.06. The van der Waals surface area contributed by atoms with Gasteiger partial charge in [-0.05, 0) is 74.5 Å². The van der Waals surface area contributed by atoms with Crippen LogP contribution in [0.2, 0.25) is 0 Å². The Hall–Kier alpha value is -0.890. The molecule has 0 aromatic rings. The number of allylic oxidation sites excluding steroid dienone is 3. The van der Waals surface area contributed by atoms with Crippen LogP contribution in [-0.2, 0) is 4.79 Å². The molecule has 3 unspecified atom stereocenters. The number of hydrogen-bond donors (Lipinski definition) is 1. The Labute approximate surface area is 140 Å². The predicted molar refractivity (Wildman–Crippen MR) is 91.9 cm³/mol. The van der Waals surface area contributed by atoms with E-state index in [0.29, 0.717) is 17.6 Å². The second-order valence-electron chi connectivity index (χ2n) is 9.06. The van der Waals surface area contributed by atoms with Gasteiger partial charge < -0.3 is 5.11 Å². The van der Waals surface area contributed by atoms with Crippen LogP contribution in [0.4, 0.5) is 0 Å². The minimum atomic E-state index is -0.147. The van der Waals surface area contributed by atoms with Crippen LogP contribution >= 0.6 is 0 Å². The predicted octanol–water partition coefficient (Wildman–Crippen LogP) is 4.44. The molecule has 6 atom stereocenters. The van der Waals surface area contributed by atoms with Crippen molar-refractivity contribution in [3.8, 4) is 0 Å². The third-order valence-corrected chi connectivity index (χ3v) is 8.04. The zero-order valence-electron chi connectivity index (χ0n) is 14.8. The summed E-state index contributed by atoms with van der Waals surface area (Å²) in [7, 11) is 0. The van der Waals surface area contributed by atoms with Crippen molar-refractivity contribution in [2.75, 3.05) is 0 Å². The fourth-order valence-electron chi connectivity index (χ4n) is 6.65. The Balaban J connectivity index is 1.72. The van der Waals surface area contributed by atoms with Crippen molar-refractivity contribution in [3.63, 3.8) is 0 Å². The van der Waals surface area contributed by atoms with Crippen molar-refractivity contribution in [3.05, 3.63) is 23.3 Å². The fraction of sp³-hybridized carbons (Fsp3) is 0.762. The van der Waals surface area contributed by atoms with Crippen LogP contribution in [0.1, 0.15) is 65.7 Å². The summed E-state index contributed by atoms with van der Waals surface area (Å²) in [5.41, 5.74) is 3.53. The second kappa shape index (κ2) is 5.05. The van der Waals surface area contributed by atoms with E-state index in [1.807, 2.05) is 0 Å². The van der Waals surface area contributed by atoms with Crippen LogP contribution in [0.3, 0.4) is 0 Å². The summed E-state index contributed by atoms with van der Waals surface area (Å²) in [5, 5.41) is 10.0. The molecule has 4 aliphatic rings. The quantitative estimate of drug-likeness (QED) is 0.777. The van der Waals surface area contributed by atoms with E-state index in [1.165, 1.54) is 24.8 Å². The van der Waals surface area contributed by atoms with Gasteiger partial charge in [0.2, 0.25) is 0 Å². The van der Waals surface area contributed by atoms with E-state index in [2.05, 4.69) is 26.0 Å². The van der Waals surface area contributed by atoms with Gasteiger partial charge in [0.15, 0.2) is 0 Å². The van der Waals surface area contributed by atoms with Gasteiger partial charge in [0, 0.05) is 5.92 Å². The molecular weight excluding hydrogens is 284 g/mol. The number of ketones is 1. The summed E-state index contributed by atoms with van der Waals surface area (Å²) < 4.78 is 0. The molecule has 1 N–H and O–H groups in total. The first-order valence-electron chi connectivity index (χ1n) is 9.46. The minimum absolute atomic E-state index is 0.147. The maximum Gasteiger partial charge on any atom is 0.133 e. The number of carbonyl (C=O) groups is 1. The smallest absolute Gasteiger partial charge is 0.133 e. The largest absolute Gasteiger partial charge is 0.393 e. The van der Waals surface area contributed by atoms with Gasteiger partial charge in [-0.2, -0.15) is 0 Å². The number of hydrogen-bond acceptors (Lipinski definition) is 2. The van der Waals surface area contributed by atoms with Crippen molar-refractivity contribution in [1.29, 1.82) is 0 Å². The van der Waals surface area contributed by atoms with E-state index in [9.17, 15) is 9.90 Å². The fourth-order valence-corrected chi connectivity index (χ4v) is 6.65. The Kier molecular flexibility index (Phi) is 3.43. The molecule has 0 amide bonds. The molecule has 0 aliphatic heterocycles. The summed E-state index contributed by atoms with van der Waals surface area (Å²) in [6.07, 6.45) is 12.1. The van der Waals surface area contributed by atoms with Gasteiger partial charge in [-0.15, -0.1) is 0 Å². The average molecular weight is 314 g/mol. The minimum Gasteiger partial charge on any atom is -0.393 e. The standard InChI is InChI=1S/C21H30O2/c1-13(22)17-6-7-18-16-5-4-14-12-15(23)8-10-20(14,2)19(16)9-11-21(17,18)3/h4-5,15,17-19,23H,6-12H2,1-3H3/t15-,17?,18?,19?,20-,21+/m0/s1. The lowest BCUT2D eigenvalue weighted by Gasteiger charge is -2.54. The van der Waals surface area contributed by atoms with Crippen LogP contribution in [0, 0.1) is 28.6 Å². The van der Waals surface area contributed by atoms with Gasteiger partial charge in [0.05, 0.1) is 6.10 Å². The Morgan fingerprint density at radius 2 is 1.87 bits per heavy atom. The van der Waals surface area contributed by atoms with E-state index in [-0.39, 0.29) is 22.9 Å². The SMILES string of the molecule is CC(=O)C1CCC2C3=CC=C4C[C@@H](O)CC[C@]4(C)C3CC[C@]12C. The summed E-state index contributed by atoms with van der Waals surface area (Å²) >= 11 is 0. The van der Waals surface area contributed by atoms with Crippen LogP contribution in [0.5, 0.6) is 0 Å². The van der Waals surface area contributed by atoms with Crippen LogP contribution in [-0.4, -0.2) is 17.0 Å². The normalized spacial score (nSPS) is 48.7. The average Bonchev–Trinajstić information content (AvgIpc) is 2.85. The number of aliphatic hydroxyl groups excluding tert-OH is 1. The molecule has 0 saturated heterocycles. The summed E-state index contributed by atoms with van der Waals surface area (Å²) in [5.74, 6) is 1.89. The van der Waals surface area contributed by atoms with Crippen LogP contribution in [0.25, 0.3) is 0 Å². The van der Waals surface area contributed by atoms with Crippen molar-refractivity contribution in [2.24, 2.45) is 28.6 Å². The highest BCUT2D eigenvalue weighted by atomic mass is 16.3. The molecule has 0 bridgehead atoms. The van der Waals surface area contributed by atoms with E-state index in [4.69, 9.17) is 0 Å². The summed E-state index contributed by atoms with van der Waals surface area (Å²) in [6, 6.07) is 0. The molecule has 0 aromatic heterocycles. The van der Waals surface area contributed by atoms with E-state index in [1.54, 1.807) is 12.5 Å². The molecule has 2 heteroatoms. The molecule has 2 nitrogen and oxygen atoms in total. The van der Waals surface area contributed by atoms with E-state index in [0.717, 1.165) is 25.7 Å². The molecule has 4 rings (SSSR count). The van der Waals surface area contributed by atoms with Gasteiger partial charge in [-0.1, -0.05) is 37.1 Å². The lowest BCUT2D eigenvalue weighted by molar-refractivity contribution is -0.124. The number of fused-ring (bicyclic) bond motifs is 5. The molecule has 23 heavy (non-hydrogen) atoms. The highest BCUT2D eigenvalue weighted by molar-refractivity contribution is 5.79. The molecule has 0 heterocycles. The maximum absolute atomic E-state index is 12.1. The van der Waals surface area contributed by atoms with Gasteiger partial charge >= 0.3 is 0 Å². The second-order valence-corrected chi connectivity index (χ2v) is 9.06. The zero-order chi connectivity index (χ0) is 16.4. The van der Waals surface area contributed by atoms with Gasteiger partial charge in [-0.25, -0.2) is 0 Å². The first kappa shape index (κ1) is 15.6. The molecule has 4 aliphatic carbocycles. The number of Topliss-reactive ketones (excluding diaryl/α,β-unsaturated/α-hetero) is 1. The summed E-state index contributed by atoms with van der Waals surface area (Å²) in [6.45, 7) is 6.60. The van der Waals surface area contributed by atoms with Gasteiger partial charge in [0.25, 0.3) is 0 Å². The molecule has 0 radical (unpaired) electrons. The topological polar surface area (TPSA) is 37.3 Å². The maximum atomic E-state index is 12.1. The molecule has 3 saturated carbocycles. The van der Waals surface area contributed by atoms with E-state index >= 15 is 0 Å². The highest BCUT2D eigenvalue weighted by Crippen LogP contribution is 2.64. The molecule has 126 valence electrons. The third-order valence-electron chi connectivity index (χ3n) is 8.04. The number of rotatable bonds is 1. The monoisotopic (exact) mass is 314 g/mol. The van der Waals surface area contributed by atoms with Crippen LogP contribution < -0.4 is 0 Å². The van der Waals surface area contributed by atoms with Gasteiger partial charge in [0.1, 0.15) is 5.78 Å². The molecule has 3 fully saturated rings. The Morgan fingerprint density at radius 1 is 1.09 bits per heavy atom. The lowest BCUT2D eigenvalue weighted by atomic mass is 9.50. The molecule has 0 spiro atoms. The van der Waals surface area contributed by atoms with Gasteiger partial charge in [-0.3, -0.25) is 4.79 Å². The Morgan fingerprint density at radius 3 is 2.61 bits per heavy atom. The van der Waals surface area contributed by atoms with Crippen molar-refractivity contribution in [2.45, 2.75) is 71.8 Å². The molecular formula is C21H30O2. The first-order valence-corrected chi connectivity index (χ1v) is 9.46. The number of aliphatic hydroxyl groups is 1. The highest BCUT2D eigenvalue weighted by Gasteiger charge is 2.57. The van der Waals surface area contributed by atoms with Crippen LogP contribution in [0.15, 0.2) is 23.3 Å². The molecule has 0 aromatic carbocycles.